The Morgan fingerprint density at radius 1 is 1.58 bits per heavy atom. The summed E-state index contributed by atoms with van der Waals surface area (Å²) in [6.07, 6.45) is 7.87. The highest BCUT2D eigenvalue weighted by Gasteiger charge is 2.26. The summed E-state index contributed by atoms with van der Waals surface area (Å²) < 4.78 is 2.39. The van der Waals surface area contributed by atoms with Gasteiger partial charge in [-0.1, -0.05) is 36.9 Å². The lowest BCUT2D eigenvalue weighted by molar-refractivity contribution is 0.886. The summed E-state index contributed by atoms with van der Waals surface area (Å²) >= 11 is 2.42. The van der Waals surface area contributed by atoms with E-state index >= 15 is 0 Å². The molecule has 0 saturated heterocycles. The average molecular weight is 293 g/mol. The minimum absolute atomic E-state index is 1.13. The molecule has 0 atom stereocenters. The van der Waals surface area contributed by atoms with Crippen molar-refractivity contribution in [1.29, 1.82) is 0 Å². The predicted molar refractivity (Wildman–Crippen MR) is 65.9 cm³/mol. The van der Waals surface area contributed by atoms with Crippen molar-refractivity contribution in [2.75, 3.05) is 7.05 Å². The SMILES string of the molecule is CN(I)[Si](C)(C)CC1=CC=CC1. The second-order valence-electron chi connectivity index (χ2n) is 3.92. The van der Waals surface area contributed by atoms with E-state index in [1.807, 2.05) is 0 Å². The highest BCUT2D eigenvalue weighted by atomic mass is 127. The molecule has 0 fully saturated rings. The smallest absolute Gasteiger partial charge is 0.137 e. The van der Waals surface area contributed by atoms with Crippen LogP contribution >= 0.6 is 22.9 Å². The molecule has 1 aliphatic rings. The van der Waals surface area contributed by atoms with Crippen LogP contribution in [0.25, 0.3) is 0 Å². The zero-order valence-corrected chi connectivity index (χ0v) is 11.1. The van der Waals surface area contributed by atoms with Crippen LogP contribution in [0.15, 0.2) is 23.8 Å². The fraction of sp³-hybridized carbons (Fsp3) is 0.556. The van der Waals surface area contributed by atoms with Gasteiger partial charge in [0.05, 0.1) is 0 Å². The van der Waals surface area contributed by atoms with Crippen LogP contribution in [0.2, 0.25) is 19.1 Å². The number of rotatable bonds is 3. The Balaban J connectivity index is 2.50. The molecule has 0 unspecified atom stereocenters. The van der Waals surface area contributed by atoms with Crippen LogP contribution in [0.1, 0.15) is 6.42 Å². The quantitative estimate of drug-likeness (QED) is 0.438. The minimum atomic E-state index is -1.13. The maximum Gasteiger partial charge on any atom is 0.137 e. The molecule has 1 nitrogen and oxygen atoms in total. The molecule has 0 N–H and O–H groups in total. The molecule has 0 radical (unpaired) electrons. The van der Waals surface area contributed by atoms with Gasteiger partial charge in [-0.3, -0.25) is 2.78 Å². The van der Waals surface area contributed by atoms with Crippen molar-refractivity contribution >= 4 is 31.1 Å². The first kappa shape index (κ1) is 10.5. The van der Waals surface area contributed by atoms with Crippen LogP contribution in [0, 0.1) is 0 Å². The van der Waals surface area contributed by atoms with Gasteiger partial charge >= 0.3 is 0 Å². The lowest BCUT2D eigenvalue weighted by atomic mass is 10.3. The third kappa shape index (κ3) is 2.71. The summed E-state index contributed by atoms with van der Waals surface area (Å²) in [6.45, 7) is 4.83. The van der Waals surface area contributed by atoms with Crippen molar-refractivity contribution in [3.8, 4) is 0 Å². The van der Waals surface area contributed by atoms with Crippen molar-refractivity contribution < 1.29 is 0 Å². The molecule has 0 aliphatic heterocycles. The van der Waals surface area contributed by atoms with Gasteiger partial charge in [0, 0.05) is 22.9 Å². The number of nitrogens with zero attached hydrogens (tertiary/aromatic N) is 1. The van der Waals surface area contributed by atoms with Crippen molar-refractivity contribution in [3.63, 3.8) is 0 Å². The van der Waals surface area contributed by atoms with Crippen LogP contribution in [-0.2, 0) is 0 Å². The molecule has 0 aromatic heterocycles. The maximum atomic E-state index is 2.42. The Bertz CT molecular complexity index is 219. The molecule has 0 heterocycles. The molecule has 1 aliphatic carbocycles. The van der Waals surface area contributed by atoms with Gasteiger partial charge in [0.1, 0.15) is 8.24 Å². The summed E-state index contributed by atoms with van der Waals surface area (Å²) in [6, 6.07) is 1.30. The first-order valence-corrected chi connectivity index (χ1v) is 8.38. The van der Waals surface area contributed by atoms with Gasteiger partial charge in [-0.2, -0.15) is 0 Å². The van der Waals surface area contributed by atoms with E-state index in [9.17, 15) is 0 Å². The third-order valence-corrected chi connectivity index (χ3v) is 9.25. The second-order valence-corrected chi connectivity index (χ2v) is 10.9. The highest BCUT2D eigenvalue weighted by molar-refractivity contribution is 14.1. The Labute approximate surface area is 90.1 Å². The Morgan fingerprint density at radius 2 is 2.25 bits per heavy atom. The molecular weight excluding hydrogens is 277 g/mol. The lowest BCUT2D eigenvalue weighted by Gasteiger charge is -2.28. The van der Waals surface area contributed by atoms with Crippen LogP contribution in [0.3, 0.4) is 0 Å². The van der Waals surface area contributed by atoms with Gasteiger partial charge in [-0.25, -0.2) is 0 Å². The normalized spacial score (nSPS) is 17.2. The maximum absolute atomic E-state index is 2.42. The van der Waals surface area contributed by atoms with E-state index in [1.54, 1.807) is 5.57 Å². The van der Waals surface area contributed by atoms with E-state index in [1.165, 1.54) is 12.5 Å². The van der Waals surface area contributed by atoms with E-state index in [2.05, 4.69) is 64.0 Å². The lowest BCUT2D eigenvalue weighted by Crippen LogP contribution is -2.39. The largest absolute Gasteiger partial charge is 0.271 e. The number of hydrogen-bond donors (Lipinski definition) is 0. The standard InChI is InChI=1S/C9H16INSi/c1-11(10)12(2,3)8-9-6-4-5-7-9/h4-6H,7-8H2,1-3H3. The number of halogens is 1. The molecule has 0 aromatic rings. The van der Waals surface area contributed by atoms with Gasteiger partial charge in [0.15, 0.2) is 0 Å². The van der Waals surface area contributed by atoms with Crippen LogP contribution in [0.4, 0.5) is 0 Å². The van der Waals surface area contributed by atoms with Gasteiger partial charge in [0.2, 0.25) is 0 Å². The van der Waals surface area contributed by atoms with E-state index in [4.69, 9.17) is 0 Å². The van der Waals surface area contributed by atoms with Gasteiger partial charge in [0.25, 0.3) is 0 Å². The summed E-state index contributed by atoms with van der Waals surface area (Å²) in [5, 5.41) is 0. The second kappa shape index (κ2) is 4.06. The van der Waals surface area contributed by atoms with Gasteiger partial charge in [-0.05, 0) is 19.5 Å². The monoisotopic (exact) mass is 293 g/mol. The van der Waals surface area contributed by atoms with Crippen LogP contribution in [-0.4, -0.2) is 18.1 Å². The molecule has 3 heteroatoms. The summed E-state index contributed by atoms with van der Waals surface area (Å²) in [7, 11) is 1.06. The van der Waals surface area contributed by atoms with Gasteiger partial charge in [-0.15, -0.1) is 0 Å². The summed E-state index contributed by atoms with van der Waals surface area (Å²) in [5.41, 5.74) is 1.61. The van der Waals surface area contributed by atoms with Crippen molar-refractivity contribution in [2.24, 2.45) is 0 Å². The Hall–Kier alpha value is 0.387. The van der Waals surface area contributed by atoms with Crippen molar-refractivity contribution in [1.82, 2.24) is 2.78 Å². The summed E-state index contributed by atoms with van der Waals surface area (Å²) in [5.74, 6) is 0. The average Bonchev–Trinajstić information content (AvgIpc) is 2.38. The van der Waals surface area contributed by atoms with Crippen molar-refractivity contribution in [2.45, 2.75) is 25.6 Å². The molecular formula is C9H16INSi. The molecule has 0 amide bonds. The first-order valence-electron chi connectivity index (χ1n) is 4.26. The van der Waals surface area contributed by atoms with Gasteiger partial charge < -0.3 is 0 Å². The molecule has 1 rings (SSSR count). The minimum Gasteiger partial charge on any atom is -0.271 e. The first-order chi connectivity index (χ1) is 5.52. The zero-order chi connectivity index (χ0) is 9.19. The molecule has 12 heavy (non-hydrogen) atoms. The van der Waals surface area contributed by atoms with Crippen LogP contribution in [0.5, 0.6) is 0 Å². The molecule has 0 saturated carbocycles. The zero-order valence-electron chi connectivity index (χ0n) is 7.97. The Morgan fingerprint density at radius 3 is 2.67 bits per heavy atom. The predicted octanol–water partition coefficient (Wildman–Crippen LogP) is 3.36. The molecule has 68 valence electrons. The fourth-order valence-electron chi connectivity index (χ4n) is 1.29. The number of hydrogen-bond acceptors (Lipinski definition) is 1. The number of allylic oxidation sites excluding steroid dienone is 4. The topological polar surface area (TPSA) is 3.24 Å². The van der Waals surface area contributed by atoms with E-state index in [-0.39, 0.29) is 0 Å². The Kier molecular flexibility index (Phi) is 3.54. The molecule has 0 aromatic carbocycles. The molecule has 0 spiro atoms. The molecule has 0 bridgehead atoms. The summed E-state index contributed by atoms with van der Waals surface area (Å²) in [4.78, 5) is 0. The van der Waals surface area contributed by atoms with E-state index < -0.39 is 8.24 Å². The van der Waals surface area contributed by atoms with E-state index in [0.29, 0.717) is 0 Å². The highest BCUT2D eigenvalue weighted by Crippen LogP contribution is 2.26. The third-order valence-electron chi connectivity index (χ3n) is 2.34. The van der Waals surface area contributed by atoms with Crippen molar-refractivity contribution in [3.05, 3.63) is 23.8 Å². The van der Waals surface area contributed by atoms with E-state index in [0.717, 1.165) is 0 Å². The fourth-order valence-corrected chi connectivity index (χ4v) is 3.39. The van der Waals surface area contributed by atoms with Crippen LogP contribution < -0.4 is 0 Å².